The Labute approximate surface area is 174 Å². The molecule has 3 aromatic rings. The molecule has 0 aliphatic rings. The van der Waals surface area contributed by atoms with Gasteiger partial charge in [-0.3, -0.25) is 14.8 Å². The second-order valence-corrected chi connectivity index (χ2v) is 6.52. The Bertz CT molecular complexity index is 1050. The van der Waals surface area contributed by atoms with Gasteiger partial charge in [0.1, 0.15) is 23.9 Å². The molecule has 0 unspecified atom stereocenters. The molecule has 2 aromatic heterocycles. The van der Waals surface area contributed by atoms with Crippen molar-refractivity contribution in [1.29, 1.82) is 0 Å². The molecular weight excluding hydrogens is 385 g/mol. The van der Waals surface area contributed by atoms with E-state index in [2.05, 4.69) is 15.1 Å². The van der Waals surface area contributed by atoms with Crippen molar-refractivity contribution in [3.8, 4) is 5.75 Å². The lowest BCUT2D eigenvalue weighted by molar-refractivity contribution is 0.0990. The molecule has 0 saturated carbocycles. The predicted molar refractivity (Wildman–Crippen MR) is 111 cm³/mol. The van der Waals surface area contributed by atoms with Gasteiger partial charge in [-0.25, -0.2) is 4.39 Å². The van der Waals surface area contributed by atoms with Crippen LogP contribution in [0.1, 0.15) is 39.7 Å². The van der Waals surface area contributed by atoms with Crippen LogP contribution in [0.25, 0.3) is 0 Å². The number of oxime groups is 1. The SMILES string of the molecule is CCO/N=C(/c1ccc(OC)cc1)c1ccc(CC(=O)c2cncc(F)c2C)nc1. The molecule has 154 valence electrons. The minimum absolute atomic E-state index is 0.0483. The summed E-state index contributed by atoms with van der Waals surface area (Å²) in [5, 5.41) is 4.22. The molecule has 0 radical (unpaired) electrons. The average Bonchev–Trinajstić information content (AvgIpc) is 2.77. The molecule has 0 N–H and O–H groups in total. The van der Waals surface area contributed by atoms with Gasteiger partial charge in [-0.1, -0.05) is 5.16 Å². The van der Waals surface area contributed by atoms with Crippen LogP contribution in [0.4, 0.5) is 4.39 Å². The van der Waals surface area contributed by atoms with E-state index in [0.29, 0.717) is 18.0 Å². The van der Waals surface area contributed by atoms with E-state index >= 15 is 0 Å². The van der Waals surface area contributed by atoms with E-state index in [9.17, 15) is 9.18 Å². The van der Waals surface area contributed by atoms with Crippen molar-refractivity contribution in [1.82, 2.24) is 9.97 Å². The summed E-state index contributed by atoms with van der Waals surface area (Å²) in [5.41, 5.74) is 3.33. The number of hydrogen-bond acceptors (Lipinski definition) is 6. The first kappa shape index (κ1) is 21.1. The number of carbonyl (C=O) groups excluding carboxylic acids is 1. The molecule has 0 aliphatic heterocycles. The molecule has 1 aromatic carbocycles. The zero-order chi connectivity index (χ0) is 21.5. The third-order valence-corrected chi connectivity index (χ3v) is 4.54. The number of pyridine rings is 2. The van der Waals surface area contributed by atoms with E-state index in [0.717, 1.165) is 23.1 Å². The number of methoxy groups -OCH3 is 1. The van der Waals surface area contributed by atoms with Crippen molar-refractivity contribution >= 4 is 11.5 Å². The van der Waals surface area contributed by atoms with Crippen LogP contribution in [0.5, 0.6) is 5.75 Å². The van der Waals surface area contributed by atoms with E-state index in [1.54, 1.807) is 26.3 Å². The molecular formula is C23H22FN3O3. The van der Waals surface area contributed by atoms with Crippen molar-refractivity contribution in [3.63, 3.8) is 0 Å². The zero-order valence-corrected chi connectivity index (χ0v) is 17.1. The van der Waals surface area contributed by atoms with Gasteiger partial charge in [0.2, 0.25) is 0 Å². The number of ketones is 1. The van der Waals surface area contributed by atoms with Gasteiger partial charge in [-0.15, -0.1) is 0 Å². The summed E-state index contributed by atoms with van der Waals surface area (Å²) < 4.78 is 18.9. The Morgan fingerprint density at radius 3 is 2.43 bits per heavy atom. The summed E-state index contributed by atoms with van der Waals surface area (Å²) in [6.07, 6.45) is 4.16. The van der Waals surface area contributed by atoms with Gasteiger partial charge < -0.3 is 9.57 Å². The Morgan fingerprint density at radius 1 is 1.07 bits per heavy atom. The second kappa shape index (κ2) is 9.73. The van der Waals surface area contributed by atoms with Crippen LogP contribution in [-0.4, -0.2) is 35.2 Å². The van der Waals surface area contributed by atoms with Gasteiger partial charge in [-0.05, 0) is 55.8 Å². The van der Waals surface area contributed by atoms with Gasteiger partial charge in [0, 0.05) is 34.8 Å². The third kappa shape index (κ3) is 4.86. The maximum absolute atomic E-state index is 13.7. The van der Waals surface area contributed by atoms with E-state index in [1.165, 1.54) is 6.20 Å². The largest absolute Gasteiger partial charge is 0.497 e. The van der Waals surface area contributed by atoms with Gasteiger partial charge in [0.25, 0.3) is 0 Å². The molecule has 0 saturated heterocycles. The lowest BCUT2D eigenvalue weighted by atomic mass is 10.0. The molecule has 3 rings (SSSR count). The van der Waals surface area contributed by atoms with Crippen LogP contribution in [0.15, 0.2) is 60.1 Å². The van der Waals surface area contributed by atoms with Crippen LogP contribution < -0.4 is 4.74 Å². The Balaban J connectivity index is 1.82. The summed E-state index contributed by atoms with van der Waals surface area (Å²) in [7, 11) is 1.61. The predicted octanol–water partition coefficient (Wildman–Crippen LogP) is 4.15. The maximum atomic E-state index is 13.7. The fourth-order valence-electron chi connectivity index (χ4n) is 2.86. The van der Waals surface area contributed by atoms with Crippen molar-refractivity contribution < 1.29 is 18.8 Å². The van der Waals surface area contributed by atoms with Gasteiger partial charge in [0.05, 0.1) is 19.7 Å². The topological polar surface area (TPSA) is 73.7 Å². The number of rotatable bonds is 8. The number of aromatic nitrogens is 2. The fourth-order valence-corrected chi connectivity index (χ4v) is 2.86. The Morgan fingerprint density at radius 2 is 1.80 bits per heavy atom. The van der Waals surface area contributed by atoms with E-state index in [-0.39, 0.29) is 23.3 Å². The number of ether oxygens (including phenoxy) is 1. The summed E-state index contributed by atoms with van der Waals surface area (Å²) in [5.74, 6) is 0.00200. The van der Waals surface area contributed by atoms with Gasteiger partial charge >= 0.3 is 0 Å². The van der Waals surface area contributed by atoms with Crippen LogP contribution >= 0.6 is 0 Å². The molecule has 30 heavy (non-hydrogen) atoms. The van der Waals surface area contributed by atoms with Gasteiger partial charge in [0.15, 0.2) is 5.78 Å². The molecule has 2 heterocycles. The first-order valence-electron chi connectivity index (χ1n) is 9.46. The van der Waals surface area contributed by atoms with Crippen LogP contribution in [0.2, 0.25) is 0 Å². The van der Waals surface area contributed by atoms with Crippen LogP contribution in [0, 0.1) is 12.7 Å². The highest BCUT2D eigenvalue weighted by atomic mass is 19.1. The normalized spacial score (nSPS) is 11.3. The molecule has 0 bridgehead atoms. The summed E-state index contributed by atoms with van der Waals surface area (Å²) >= 11 is 0. The summed E-state index contributed by atoms with van der Waals surface area (Å²) in [4.78, 5) is 26.0. The standard InChI is InChI=1S/C23H22FN3O3/c1-4-30-27-23(16-6-9-19(29-3)10-7-16)17-5-8-18(26-12-17)11-22(28)20-13-25-14-21(24)15(20)2/h5-10,12-14H,4,11H2,1-3H3/b27-23-. The van der Waals surface area contributed by atoms with E-state index in [1.807, 2.05) is 37.3 Å². The minimum atomic E-state index is -0.500. The molecule has 0 amide bonds. The fraction of sp³-hybridized carbons (Fsp3) is 0.217. The number of nitrogens with zero attached hydrogens (tertiary/aromatic N) is 3. The second-order valence-electron chi connectivity index (χ2n) is 6.52. The highest BCUT2D eigenvalue weighted by Crippen LogP contribution is 2.17. The monoisotopic (exact) mass is 407 g/mol. The lowest BCUT2D eigenvalue weighted by Gasteiger charge is -2.09. The molecule has 0 atom stereocenters. The number of benzene rings is 1. The lowest BCUT2D eigenvalue weighted by Crippen LogP contribution is -2.10. The quantitative estimate of drug-likeness (QED) is 0.319. The third-order valence-electron chi connectivity index (χ3n) is 4.54. The molecule has 0 aliphatic carbocycles. The minimum Gasteiger partial charge on any atom is -0.497 e. The Hall–Kier alpha value is -3.61. The van der Waals surface area contributed by atoms with Crippen LogP contribution in [0.3, 0.4) is 0 Å². The zero-order valence-electron chi connectivity index (χ0n) is 17.1. The van der Waals surface area contributed by atoms with Crippen LogP contribution in [-0.2, 0) is 11.3 Å². The van der Waals surface area contributed by atoms with E-state index in [4.69, 9.17) is 9.57 Å². The van der Waals surface area contributed by atoms with Crippen molar-refractivity contribution in [3.05, 3.63) is 88.8 Å². The van der Waals surface area contributed by atoms with Crippen molar-refractivity contribution in [2.45, 2.75) is 20.3 Å². The first-order chi connectivity index (χ1) is 14.5. The highest BCUT2D eigenvalue weighted by Gasteiger charge is 2.15. The number of hydrogen-bond donors (Lipinski definition) is 0. The smallest absolute Gasteiger partial charge is 0.170 e. The molecule has 6 nitrogen and oxygen atoms in total. The summed E-state index contributed by atoms with van der Waals surface area (Å²) in [6, 6.07) is 11.0. The summed E-state index contributed by atoms with van der Waals surface area (Å²) in [6.45, 7) is 3.85. The van der Waals surface area contributed by atoms with Crippen molar-refractivity contribution in [2.75, 3.05) is 13.7 Å². The number of carbonyl (C=O) groups is 1. The highest BCUT2D eigenvalue weighted by molar-refractivity contribution is 6.12. The maximum Gasteiger partial charge on any atom is 0.170 e. The number of Topliss-reactive ketones (excluding diaryl/α,β-unsaturated/α-hetero) is 1. The van der Waals surface area contributed by atoms with Crippen molar-refractivity contribution in [2.24, 2.45) is 5.16 Å². The molecule has 0 fully saturated rings. The number of halogens is 1. The molecule has 0 spiro atoms. The average molecular weight is 407 g/mol. The van der Waals surface area contributed by atoms with E-state index < -0.39 is 5.82 Å². The van der Waals surface area contributed by atoms with Gasteiger partial charge in [-0.2, -0.15) is 0 Å². The first-order valence-corrected chi connectivity index (χ1v) is 9.46. The molecule has 7 heteroatoms. The Kier molecular flexibility index (Phi) is 6.85.